The van der Waals surface area contributed by atoms with Crippen molar-refractivity contribution in [2.75, 3.05) is 6.54 Å². The molecule has 1 aliphatic rings. The number of benzene rings is 1. The molecular weight excluding hydrogens is 236 g/mol. The standard InChI is InChI=1S/C16H20N2O/c19-16-15-7-2-1-5-13(15)8-11-18(16)12-9-14-6-3-4-10-17-14/h1-2,5,7-8,11,14,17H,3-4,6,9-10,12H2. The highest BCUT2D eigenvalue weighted by atomic mass is 16.1. The monoisotopic (exact) mass is 256 g/mol. The Morgan fingerprint density at radius 3 is 2.95 bits per heavy atom. The molecule has 1 unspecified atom stereocenters. The van der Waals surface area contributed by atoms with E-state index in [1.165, 1.54) is 19.3 Å². The first-order chi connectivity index (χ1) is 9.34. The zero-order chi connectivity index (χ0) is 13.1. The lowest BCUT2D eigenvalue weighted by atomic mass is 10.0. The van der Waals surface area contributed by atoms with Crippen LogP contribution in [0.5, 0.6) is 0 Å². The number of hydrogen-bond acceptors (Lipinski definition) is 2. The van der Waals surface area contributed by atoms with Gasteiger partial charge >= 0.3 is 0 Å². The number of nitrogens with zero attached hydrogens (tertiary/aromatic N) is 1. The van der Waals surface area contributed by atoms with Crippen molar-refractivity contribution in [1.82, 2.24) is 9.88 Å². The predicted octanol–water partition coefficient (Wildman–Crippen LogP) is 2.53. The van der Waals surface area contributed by atoms with Crippen LogP contribution in [0.25, 0.3) is 10.8 Å². The van der Waals surface area contributed by atoms with E-state index in [9.17, 15) is 4.79 Å². The average Bonchev–Trinajstić information content (AvgIpc) is 2.48. The third kappa shape index (κ3) is 2.71. The number of rotatable bonds is 3. The first-order valence-corrected chi connectivity index (χ1v) is 7.16. The fraction of sp³-hybridized carbons (Fsp3) is 0.438. The van der Waals surface area contributed by atoms with Crippen LogP contribution in [0.15, 0.2) is 41.3 Å². The van der Waals surface area contributed by atoms with E-state index in [0.29, 0.717) is 6.04 Å². The molecule has 1 saturated heterocycles. The summed E-state index contributed by atoms with van der Waals surface area (Å²) in [6.45, 7) is 1.93. The summed E-state index contributed by atoms with van der Waals surface area (Å²) < 4.78 is 1.85. The molecule has 0 aliphatic carbocycles. The molecule has 3 rings (SSSR count). The van der Waals surface area contributed by atoms with Crippen LogP contribution in [-0.2, 0) is 6.54 Å². The van der Waals surface area contributed by atoms with Gasteiger partial charge in [0.2, 0.25) is 0 Å². The van der Waals surface area contributed by atoms with Crippen LogP contribution in [0, 0.1) is 0 Å². The van der Waals surface area contributed by atoms with Crippen molar-refractivity contribution < 1.29 is 0 Å². The van der Waals surface area contributed by atoms with Crippen molar-refractivity contribution in [3.63, 3.8) is 0 Å². The van der Waals surface area contributed by atoms with Crippen LogP contribution in [0.4, 0.5) is 0 Å². The average molecular weight is 256 g/mol. The number of hydrogen-bond donors (Lipinski definition) is 1. The minimum absolute atomic E-state index is 0.133. The van der Waals surface area contributed by atoms with E-state index in [0.717, 1.165) is 30.3 Å². The number of fused-ring (bicyclic) bond motifs is 1. The Kier molecular flexibility index (Phi) is 3.65. The highest BCUT2D eigenvalue weighted by Gasteiger charge is 2.12. The number of aromatic nitrogens is 1. The van der Waals surface area contributed by atoms with Gasteiger partial charge in [-0.2, -0.15) is 0 Å². The predicted molar refractivity (Wildman–Crippen MR) is 78.5 cm³/mol. The SMILES string of the molecule is O=c1c2ccccc2ccn1CCC1CCCCN1. The van der Waals surface area contributed by atoms with Gasteiger partial charge in [-0.3, -0.25) is 4.79 Å². The molecule has 0 radical (unpaired) electrons. The van der Waals surface area contributed by atoms with Gasteiger partial charge < -0.3 is 9.88 Å². The van der Waals surface area contributed by atoms with E-state index < -0.39 is 0 Å². The molecule has 1 aliphatic heterocycles. The molecule has 19 heavy (non-hydrogen) atoms. The van der Waals surface area contributed by atoms with E-state index in [4.69, 9.17) is 0 Å². The number of piperidine rings is 1. The second kappa shape index (κ2) is 5.57. The molecule has 3 heteroatoms. The molecule has 3 nitrogen and oxygen atoms in total. The van der Waals surface area contributed by atoms with Crippen LogP contribution in [0.1, 0.15) is 25.7 Å². The number of pyridine rings is 1. The fourth-order valence-corrected chi connectivity index (χ4v) is 2.87. The van der Waals surface area contributed by atoms with Gasteiger partial charge in [-0.05, 0) is 43.3 Å². The van der Waals surface area contributed by atoms with Gasteiger partial charge in [0.15, 0.2) is 0 Å². The maximum Gasteiger partial charge on any atom is 0.258 e. The quantitative estimate of drug-likeness (QED) is 0.915. The maximum atomic E-state index is 12.3. The molecule has 0 spiro atoms. The van der Waals surface area contributed by atoms with Gasteiger partial charge in [-0.1, -0.05) is 24.6 Å². The minimum atomic E-state index is 0.133. The van der Waals surface area contributed by atoms with E-state index in [-0.39, 0.29) is 5.56 Å². The molecule has 2 aromatic rings. The lowest BCUT2D eigenvalue weighted by molar-refractivity contribution is 0.365. The van der Waals surface area contributed by atoms with Crippen molar-refractivity contribution in [3.05, 3.63) is 46.9 Å². The van der Waals surface area contributed by atoms with E-state index in [2.05, 4.69) is 5.32 Å². The summed E-state index contributed by atoms with van der Waals surface area (Å²) in [5, 5.41) is 5.38. The fourth-order valence-electron chi connectivity index (χ4n) is 2.87. The van der Waals surface area contributed by atoms with E-state index in [1.807, 2.05) is 41.1 Å². The molecule has 0 amide bonds. The van der Waals surface area contributed by atoms with Crippen molar-refractivity contribution in [3.8, 4) is 0 Å². The molecule has 100 valence electrons. The van der Waals surface area contributed by atoms with Gasteiger partial charge in [0.1, 0.15) is 0 Å². The zero-order valence-corrected chi connectivity index (χ0v) is 11.1. The van der Waals surface area contributed by atoms with Gasteiger partial charge in [0.25, 0.3) is 5.56 Å². The van der Waals surface area contributed by atoms with Crippen LogP contribution in [-0.4, -0.2) is 17.2 Å². The Morgan fingerprint density at radius 2 is 2.11 bits per heavy atom. The smallest absolute Gasteiger partial charge is 0.258 e. The normalized spacial score (nSPS) is 19.7. The molecule has 1 aromatic heterocycles. The van der Waals surface area contributed by atoms with Crippen molar-refractivity contribution >= 4 is 10.8 Å². The summed E-state index contributed by atoms with van der Waals surface area (Å²) in [6.07, 6.45) is 6.80. The van der Waals surface area contributed by atoms with Gasteiger partial charge in [-0.25, -0.2) is 0 Å². The first-order valence-electron chi connectivity index (χ1n) is 7.16. The third-order valence-corrected chi connectivity index (χ3v) is 4.02. The Balaban J connectivity index is 1.77. The van der Waals surface area contributed by atoms with Crippen molar-refractivity contribution in [1.29, 1.82) is 0 Å². The summed E-state index contributed by atoms with van der Waals surface area (Å²) >= 11 is 0. The molecular formula is C16H20N2O. The molecule has 1 N–H and O–H groups in total. The Labute approximate surface area is 113 Å². The molecule has 0 saturated carbocycles. The Hall–Kier alpha value is -1.61. The second-order valence-corrected chi connectivity index (χ2v) is 5.34. The molecule has 1 atom stereocenters. The lowest BCUT2D eigenvalue weighted by Gasteiger charge is -2.23. The molecule has 2 heterocycles. The lowest BCUT2D eigenvalue weighted by Crippen LogP contribution is -2.35. The molecule has 0 bridgehead atoms. The van der Waals surface area contributed by atoms with Gasteiger partial charge in [-0.15, -0.1) is 0 Å². The largest absolute Gasteiger partial charge is 0.315 e. The van der Waals surface area contributed by atoms with Crippen LogP contribution in [0.2, 0.25) is 0 Å². The highest BCUT2D eigenvalue weighted by Crippen LogP contribution is 2.12. The summed E-state index contributed by atoms with van der Waals surface area (Å²) in [7, 11) is 0. The third-order valence-electron chi connectivity index (χ3n) is 4.02. The number of nitrogens with one attached hydrogen (secondary N) is 1. The zero-order valence-electron chi connectivity index (χ0n) is 11.1. The van der Waals surface area contributed by atoms with Gasteiger partial charge in [0, 0.05) is 24.2 Å². The molecule has 1 fully saturated rings. The van der Waals surface area contributed by atoms with Crippen LogP contribution < -0.4 is 10.9 Å². The summed E-state index contributed by atoms with van der Waals surface area (Å²) in [6, 6.07) is 10.4. The van der Waals surface area contributed by atoms with Crippen molar-refractivity contribution in [2.45, 2.75) is 38.3 Å². The topological polar surface area (TPSA) is 34.0 Å². The summed E-state index contributed by atoms with van der Waals surface area (Å²) in [4.78, 5) is 12.3. The number of aryl methyl sites for hydroxylation is 1. The van der Waals surface area contributed by atoms with E-state index in [1.54, 1.807) is 0 Å². The van der Waals surface area contributed by atoms with Crippen LogP contribution in [0.3, 0.4) is 0 Å². The first kappa shape index (κ1) is 12.4. The molecule has 1 aromatic carbocycles. The van der Waals surface area contributed by atoms with Gasteiger partial charge in [0.05, 0.1) is 0 Å². The Bertz CT molecular complexity index is 611. The summed E-state index contributed by atoms with van der Waals surface area (Å²) in [5.74, 6) is 0. The van der Waals surface area contributed by atoms with Crippen molar-refractivity contribution in [2.24, 2.45) is 0 Å². The van der Waals surface area contributed by atoms with Crippen LogP contribution >= 0.6 is 0 Å². The summed E-state index contributed by atoms with van der Waals surface area (Å²) in [5.41, 5.74) is 0.133. The minimum Gasteiger partial charge on any atom is -0.315 e. The highest BCUT2D eigenvalue weighted by molar-refractivity contribution is 5.81. The second-order valence-electron chi connectivity index (χ2n) is 5.34. The van der Waals surface area contributed by atoms with E-state index >= 15 is 0 Å². The maximum absolute atomic E-state index is 12.3. The Morgan fingerprint density at radius 1 is 1.21 bits per heavy atom.